The molecule has 1 saturated heterocycles. The van der Waals surface area contributed by atoms with Gasteiger partial charge in [0.25, 0.3) is 0 Å². The van der Waals surface area contributed by atoms with Crippen LogP contribution >= 0.6 is 0 Å². The van der Waals surface area contributed by atoms with Crippen LogP contribution in [0.25, 0.3) is 0 Å². The van der Waals surface area contributed by atoms with E-state index in [0.717, 1.165) is 77.4 Å². The van der Waals surface area contributed by atoms with Gasteiger partial charge in [-0.05, 0) is 90.8 Å². The summed E-state index contributed by atoms with van der Waals surface area (Å²) >= 11 is 0. The van der Waals surface area contributed by atoms with Gasteiger partial charge in [0, 0.05) is 45.3 Å². The molecule has 1 rings (SSSR count). The molecule has 1 aliphatic heterocycles. The molecule has 0 N–H and O–H groups in total. The highest BCUT2D eigenvalue weighted by Gasteiger charge is 2.40. The molecule has 1 atom stereocenters. The topological polar surface area (TPSA) is 77.5 Å². The molecule has 1 fully saturated rings. The van der Waals surface area contributed by atoms with E-state index in [9.17, 15) is 9.59 Å². The van der Waals surface area contributed by atoms with Crippen molar-refractivity contribution in [2.75, 3.05) is 60.6 Å². The summed E-state index contributed by atoms with van der Waals surface area (Å²) in [5, 5.41) is 0. The van der Waals surface area contributed by atoms with Crippen LogP contribution in [0, 0.1) is 11.8 Å². The number of nitrogens with zero attached hydrogens (tertiary/aromatic N) is 2. The highest BCUT2D eigenvalue weighted by molar-refractivity contribution is 5.70. The number of carbonyl (C=O) groups is 2. The minimum absolute atomic E-state index is 0.0146. The van der Waals surface area contributed by atoms with E-state index in [1.165, 1.54) is 141 Å². The van der Waals surface area contributed by atoms with Crippen molar-refractivity contribution in [3.05, 3.63) is 0 Å². The SMILES string of the molecule is CCCCCC(CCCCC)CC(=O)OCCCCCCCCC1(CCCCCCCCOC(=O)CC(CCCCC)CCCCC)OCC(CCN(C)CCN(C)C)O1. The number of carbonyl (C=O) groups excluding carboxylic acids is 2. The van der Waals surface area contributed by atoms with Crippen molar-refractivity contribution in [3.8, 4) is 0 Å². The quantitative estimate of drug-likeness (QED) is 0.0443. The molecule has 0 bridgehead atoms. The van der Waals surface area contributed by atoms with Crippen LogP contribution in [-0.2, 0) is 28.5 Å². The minimum Gasteiger partial charge on any atom is -0.466 e. The summed E-state index contributed by atoms with van der Waals surface area (Å²) < 4.78 is 24.7. The predicted octanol–water partition coefficient (Wildman–Crippen LogP) is 13.9. The molecule has 60 heavy (non-hydrogen) atoms. The maximum absolute atomic E-state index is 12.6. The van der Waals surface area contributed by atoms with Gasteiger partial charge < -0.3 is 28.7 Å². The minimum atomic E-state index is -0.439. The molecule has 1 aliphatic rings. The Morgan fingerprint density at radius 3 is 1.33 bits per heavy atom. The Morgan fingerprint density at radius 1 is 0.533 bits per heavy atom. The molecule has 0 aromatic rings. The molecule has 356 valence electrons. The van der Waals surface area contributed by atoms with E-state index in [1.807, 2.05) is 0 Å². The van der Waals surface area contributed by atoms with Gasteiger partial charge in [0.05, 0.1) is 25.9 Å². The van der Waals surface area contributed by atoms with Gasteiger partial charge in [-0.1, -0.05) is 156 Å². The predicted molar refractivity (Wildman–Crippen MR) is 254 cm³/mol. The average Bonchev–Trinajstić information content (AvgIpc) is 3.63. The number of hydrogen-bond donors (Lipinski definition) is 0. The zero-order valence-corrected chi connectivity index (χ0v) is 41.2. The molecule has 0 spiro atoms. The lowest BCUT2D eigenvalue weighted by Crippen LogP contribution is -2.33. The fourth-order valence-corrected chi connectivity index (χ4v) is 8.79. The van der Waals surface area contributed by atoms with E-state index < -0.39 is 5.79 Å². The Morgan fingerprint density at radius 2 is 0.933 bits per heavy atom. The smallest absolute Gasteiger partial charge is 0.306 e. The van der Waals surface area contributed by atoms with E-state index >= 15 is 0 Å². The van der Waals surface area contributed by atoms with Gasteiger partial charge in [0.1, 0.15) is 0 Å². The normalized spacial score (nSPS) is 15.3. The molecular weight excluding hydrogens is 749 g/mol. The van der Waals surface area contributed by atoms with E-state index in [2.05, 4.69) is 58.6 Å². The van der Waals surface area contributed by atoms with Crippen LogP contribution in [0.4, 0.5) is 0 Å². The monoisotopic (exact) mass is 851 g/mol. The van der Waals surface area contributed by atoms with Crippen LogP contribution in [0.15, 0.2) is 0 Å². The summed E-state index contributed by atoms with van der Waals surface area (Å²) in [4.78, 5) is 29.9. The largest absolute Gasteiger partial charge is 0.466 e. The fraction of sp³-hybridized carbons (Fsp3) is 0.962. The van der Waals surface area contributed by atoms with Crippen LogP contribution in [0.1, 0.15) is 240 Å². The van der Waals surface area contributed by atoms with E-state index in [0.29, 0.717) is 44.5 Å². The number of likely N-dealkylation sites (N-methyl/N-ethyl adjacent to an activating group) is 2. The third-order valence-electron chi connectivity index (χ3n) is 12.9. The zero-order valence-electron chi connectivity index (χ0n) is 41.2. The first-order chi connectivity index (χ1) is 29.2. The standard InChI is InChI=1S/C52H102N2O6/c1-8-12-24-32-47(33-25-13-9-2)44-50(55)57-42-30-22-18-16-20-28-37-52(59-46-49(60-52)36-39-54(7)41-40-53(5)6)38-29-21-17-19-23-31-43-58-51(56)45-48(34-26-14-10-3)35-27-15-11-4/h47-49H,8-46H2,1-7H3. The fourth-order valence-electron chi connectivity index (χ4n) is 8.79. The summed E-state index contributed by atoms with van der Waals surface area (Å²) in [5.74, 6) is 0.578. The summed E-state index contributed by atoms with van der Waals surface area (Å²) in [7, 11) is 6.47. The molecule has 0 aromatic carbocycles. The second-order valence-electron chi connectivity index (χ2n) is 19.2. The Hall–Kier alpha value is -1.22. The Kier molecular flexibility index (Phi) is 37.3. The van der Waals surface area contributed by atoms with Gasteiger partial charge in [-0.2, -0.15) is 0 Å². The Labute approximate surface area is 373 Å². The highest BCUT2D eigenvalue weighted by Crippen LogP contribution is 2.36. The summed E-state index contributed by atoms with van der Waals surface area (Å²) in [6.07, 6.45) is 37.5. The van der Waals surface area contributed by atoms with Crippen LogP contribution in [-0.4, -0.2) is 94.2 Å². The van der Waals surface area contributed by atoms with E-state index in [-0.39, 0.29) is 18.0 Å². The van der Waals surface area contributed by atoms with E-state index in [1.54, 1.807) is 0 Å². The molecule has 0 saturated carbocycles. The van der Waals surface area contributed by atoms with Crippen molar-refractivity contribution in [1.82, 2.24) is 9.80 Å². The molecule has 0 radical (unpaired) electrons. The Bertz CT molecular complexity index is 902. The molecular formula is C52H102N2O6. The van der Waals surface area contributed by atoms with Gasteiger partial charge in [-0.15, -0.1) is 0 Å². The molecule has 8 nitrogen and oxygen atoms in total. The van der Waals surface area contributed by atoms with Crippen LogP contribution in [0.3, 0.4) is 0 Å². The molecule has 1 heterocycles. The first-order valence-corrected chi connectivity index (χ1v) is 26.1. The summed E-state index contributed by atoms with van der Waals surface area (Å²) in [6.45, 7) is 14.0. The maximum Gasteiger partial charge on any atom is 0.306 e. The third kappa shape index (κ3) is 32.5. The van der Waals surface area contributed by atoms with Gasteiger partial charge in [-0.3, -0.25) is 9.59 Å². The second kappa shape index (κ2) is 39.4. The van der Waals surface area contributed by atoms with Crippen LogP contribution < -0.4 is 0 Å². The number of rotatable bonds is 44. The molecule has 0 amide bonds. The molecule has 0 aliphatic carbocycles. The first-order valence-electron chi connectivity index (χ1n) is 26.1. The van der Waals surface area contributed by atoms with Crippen molar-refractivity contribution in [1.29, 1.82) is 0 Å². The van der Waals surface area contributed by atoms with Crippen molar-refractivity contribution in [2.24, 2.45) is 11.8 Å². The zero-order chi connectivity index (χ0) is 43.9. The van der Waals surface area contributed by atoms with Gasteiger partial charge in [-0.25, -0.2) is 0 Å². The number of hydrogen-bond acceptors (Lipinski definition) is 8. The van der Waals surface area contributed by atoms with Gasteiger partial charge >= 0.3 is 11.9 Å². The van der Waals surface area contributed by atoms with Gasteiger partial charge in [0.2, 0.25) is 0 Å². The summed E-state index contributed by atoms with van der Waals surface area (Å²) in [5.41, 5.74) is 0. The highest BCUT2D eigenvalue weighted by atomic mass is 16.7. The van der Waals surface area contributed by atoms with Crippen LogP contribution in [0.5, 0.6) is 0 Å². The van der Waals surface area contributed by atoms with Crippen molar-refractivity contribution in [3.63, 3.8) is 0 Å². The van der Waals surface area contributed by atoms with Crippen molar-refractivity contribution < 1.29 is 28.5 Å². The molecule has 8 heteroatoms. The first kappa shape index (κ1) is 56.8. The maximum atomic E-state index is 12.6. The van der Waals surface area contributed by atoms with Gasteiger partial charge in [0.15, 0.2) is 5.79 Å². The lowest BCUT2D eigenvalue weighted by molar-refractivity contribution is -0.180. The number of unbranched alkanes of at least 4 members (excludes halogenated alkanes) is 18. The third-order valence-corrected chi connectivity index (χ3v) is 12.9. The summed E-state index contributed by atoms with van der Waals surface area (Å²) in [6, 6.07) is 0. The molecule has 1 unspecified atom stereocenters. The number of esters is 2. The Balaban J connectivity index is 2.40. The van der Waals surface area contributed by atoms with E-state index in [4.69, 9.17) is 18.9 Å². The average molecular weight is 851 g/mol. The molecule has 0 aromatic heterocycles. The lowest BCUT2D eigenvalue weighted by Gasteiger charge is -2.29. The van der Waals surface area contributed by atoms with Crippen molar-refractivity contribution >= 4 is 11.9 Å². The number of ether oxygens (including phenoxy) is 4. The van der Waals surface area contributed by atoms with Crippen molar-refractivity contribution in [2.45, 2.75) is 251 Å². The van der Waals surface area contributed by atoms with Crippen LogP contribution in [0.2, 0.25) is 0 Å². The lowest BCUT2D eigenvalue weighted by atomic mass is 9.92. The second-order valence-corrected chi connectivity index (χ2v) is 19.2.